The van der Waals surface area contributed by atoms with E-state index >= 15 is 0 Å². The lowest BCUT2D eigenvalue weighted by Crippen LogP contribution is -2.37. The highest BCUT2D eigenvalue weighted by molar-refractivity contribution is 6.09. The molecule has 0 heterocycles. The number of aliphatic hydroxyl groups excluding tert-OH is 1. The first-order chi connectivity index (χ1) is 12.8. The molecule has 2 aromatic rings. The Kier molecular flexibility index (Phi) is 6.75. The second-order valence-corrected chi connectivity index (χ2v) is 7.18. The van der Waals surface area contributed by atoms with Crippen LogP contribution in [0, 0.1) is 12.8 Å². The molecule has 2 rings (SSSR count). The maximum Gasteiger partial charge on any atom is 0.253 e. The number of aliphatic hydroxyl groups is 1. The summed E-state index contributed by atoms with van der Waals surface area (Å²) in [6, 6.07) is 13.0. The minimum Gasteiger partial charge on any atom is -0.394 e. The normalized spacial score (nSPS) is 12.0. The molecule has 2 N–H and O–H groups in total. The summed E-state index contributed by atoms with van der Waals surface area (Å²) >= 11 is 0. The third kappa shape index (κ3) is 4.74. The number of carbonyl (C=O) groups excluding carboxylic acids is 2. The molecule has 27 heavy (non-hydrogen) atoms. The topological polar surface area (TPSA) is 69.6 Å². The Labute approximate surface area is 161 Å². The zero-order valence-electron chi connectivity index (χ0n) is 16.6. The average molecular weight is 368 g/mol. The van der Waals surface area contributed by atoms with E-state index in [-0.39, 0.29) is 30.4 Å². The van der Waals surface area contributed by atoms with Gasteiger partial charge in [-0.05, 0) is 25.5 Å². The number of aryl methyl sites for hydroxylation is 1. The van der Waals surface area contributed by atoms with E-state index in [0.29, 0.717) is 11.3 Å². The first-order valence-corrected chi connectivity index (χ1v) is 9.15. The highest BCUT2D eigenvalue weighted by Gasteiger charge is 2.24. The van der Waals surface area contributed by atoms with Crippen LogP contribution in [-0.2, 0) is 4.79 Å². The van der Waals surface area contributed by atoms with E-state index in [2.05, 4.69) is 5.32 Å². The molecule has 5 nitrogen and oxygen atoms in total. The molecule has 2 amide bonds. The summed E-state index contributed by atoms with van der Waals surface area (Å²) in [5.74, 6) is -0.587. The number of anilines is 1. The molecule has 0 bridgehead atoms. The highest BCUT2D eigenvalue weighted by Crippen LogP contribution is 2.34. The van der Waals surface area contributed by atoms with Gasteiger partial charge in [-0.25, -0.2) is 0 Å². The smallest absolute Gasteiger partial charge is 0.253 e. The number of amides is 2. The van der Waals surface area contributed by atoms with Crippen LogP contribution in [0.2, 0.25) is 0 Å². The molecule has 1 atom stereocenters. The monoisotopic (exact) mass is 368 g/mol. The lowest BCUT2D eigenvalue weighted by atomic mass is 9.97. The zero-order valence-corrected chi connectivity index (χ0v) is 16.6. The number of hydrogen-bond acceptors (Lipinski definition) is 3. The molecule has 0 saturated heterocycles. The number of para-hydroxylation sites is 1. The average Bonchev–Trinajstić information content (AvgIpc) is 2.66. The fourth-order valence-electron chi connectivity index (χ4n) is 2.90. The molecule has 144 valence electrons. The van der Waals surface area contributed by atoms with Crippen molar-refractivity contribution >= 4 is 17.5 Å². The van der Waals surface area contributed by atoms with Crippen molar-refractivity contribution in [2.75, 3.05) is 18.6 Å². The van der Waals surface area contributed by atoms with E-state index in [1.54, 1.807) is 24.9 Å². The predicted octanol–water partition coefficient (Wildman–Crippen LogP) is 3.39. The van der Waals surface area contributed by atoms with Crippen LogP contribution < -0.4 is 10.2 Å². The first kappa shape index (κ1) is 20.6. The van der Waals surface area contributed by atoms with Crippen LogP contribution in [-0.4, -0.2) is 36.6 Å². The zero-order chi connectivity index (χ0) is 20.1. The van der Waals surface area contributed by atoms with Gasteiger partial charge in [0, 0.05) is 24.6 Å². The molecule has 0 radical (unpaired) electrons. The van der Waals surface area contributed by atoms with Crippen molar-refractivity contribution in [1.29, 1.82) is 0 Å². The Hall–Kier alpha value is -2.66. The number of nitrogens with zero attached hydrogens (tertiary/aromatic N) is 1. The summed E-state index contributed by atoms with van der Waals surface area (Å²) in [7, 11) is 1.70. The van der Waals surface area contributed by atoms with Crippen molar-refractivity contribution in [3.05, 3.63) is 53.6 Å². The van der Waals surface area contributed by atoms with E-state index < -0.39 is 0 Å². The van der Waals surface area contributed by atoms with Crippen LogP contribution in [0.3, 0.4) is 0 Å². The summed E-state index contributed by atoms with van der Waals surface area (Å²) in [5, 5.41) is 12.0. The molecular formula is C22H28N2O3. The van der Waals surface area contributed by atoms with Crippen LogP contribution in [0.1, 0.15) is 36.7 Å². The largest absolute Gasteiger partial charge is 0.394 e. The van der Waals surface area contributed by atoms with E-state index in [1.807, 2.05) is 57.2 Å². The third-order valence-electron chi connectivity index (χ3n) is 4.45. The SMILES string of the molecule is Cc1ccc(-c2cccc(C(=O)N[C@@H](C)CO)c2N(C)C(=O)C(C)C)cc1. The first-order valence-electron chi connectivity index (χ1n) is 9.15. The number of benzene rings is 2. The minimum absolute atomic E-state index is 0.0705. The van der Waals surface area contributed by atoms with Crippen LogP contribution in [0.15, 0.2) is 42.5 Å². The van der Waals surface area contributed by atoms with Crippen LogP contribution in [0.4, 0.5) is 5.69 Å². The molecule has 0 aliphatic rings. The number of carbonyl (C=O) groups is 2. The lowest BCUT2D eigenvalue weighted by molar-refractivity contribution is -0.121. The van der Waals surface area contributed by atoms with Crippen molar-refractivity contribution in [3.63, 3.8) is 0 Å². The van der Waals surface area contributed by atoms with Gasteiger partial charge >= 0.3 is 0 Å². The molecule has 0 fully saturated rings. The van der Waals surface area contributed by atoms with Crippen molar-refractivity contribution in [3.8, 4) is 11.1 Å². The number of hydrogen-bond donors (Lipinski definition) is 2. The maximum atomic E-state index is 12.8. The van der Waals surface area contributed by atoms with E-state index in [0.717, 1.165) is 16.7 Å². The van der Waals surface area contributed by atoms with E-state index in [1.165, 1.54) is 0 Å². The van der Waals surface area contributed by atoms with Gasteiger partial charge in [-0.2, -0.15) is 0 Å². The Bertz CT molecular complexity index is 813. The Balaban J connectivity index is 2.63. The highest BCUT2D eigenvalue weighted by atomic mass is 16.3. The number of nitrogens with one attached hydrogen (secondary N) is 1. The van der Waals surface area contributed by atoms with Gasteiger partial charge < -0.3 is 15.3 Å². The molecule has 0 spiro atoms. The molecule has 5 heteroatoms. The molecule has 2 aromatic carbocycles. The van der Waals surface area contributed by atoms with Gasteiger partial charge in [0.1, 0.15) is 0 Å². The second-order valence-electron chi connectivity index (χ2n) is 7.18. The van der Waals surface area contributed by atoms with Crippen molar-refractivity contribution in [2.24, 2.45) is 5.92 Å². The van der Waals surface area contributed by atoms with E-state index in [9.17, 15) is 14.7 Å². The fourth-order valence-corrected chi connectivity index (χ4v) is 2.90. The fraction of sp³-hybridized carbons (Fsp3) is 0.364. The van der Waals surface area contributed by atoms with Crippen LogP contribution in [0.25, 0.3) is 11.1 Å². The summed E-state index contributed by atoms with van der Waals surface area (Å²) in [5.41, 5.74) is 3.87. The lowest BCUT2D eigenvalue weighted by Gasteiger charge is -2.26. The standard InChI is InChI=1S/C22H28N2O3/c1-14(2)22(27)24(5)20-18(17-11-9-15(3)10-12-17)7-6-8-19(20)21(26)23-16(4)13-25/h6-12,14,16,25H,13H2,1-5H3,(H,23,26)/t16-/m0/s1. The Morgan fingerprint density at radius 3 is 2.26 bits per heavy atom. The maximum absolute atomic E-state index is 12.8. The second kappa shape index (κ2) is 8.82. The molecule has 0 aliphatic heterocycles. The predicted molar refractivity (Wildman–Crippen MR) is 109 cm³/mol. The van der Waals surface area contributed by atoms with Crippen molar-refractivity contribution < 1.29 is 14.7 Å². The Morgan fingerprint density at radius 2 is 1.70 bits per heavy atom. The molecule has 0 aromatic heterocycles. The molecule has 0 saturated carbocycles. The summed E-state index contributed by atoms with van der Waals surface area (Å²) in [6.45, 7) is 7.25. The summed E-state index contributed by atoms with van der Waals surface area (Å²) < 4.78 is 0. The quantitative estimate of drug-likeness (QED) is 0.821. The van der Waals surface area contributed by atoms with Gasteiger partial charge in [0.25, 0.3) is 5.91 Å². The molecule has 0 aliphatic carbocycles. The van der Waals surface area contributed by atoms with Gasteiger partial charge in [-0.15, -0.1) is 0 Å². The van der Waals surface area contributed by atoms with Gasteiger partial charge in [0.15, 0.2) is 0 Å². The van der Waals surface area contributed by atoms with Gasteiger partial charge in [-0.1, -0.05) is 55.8 Å². The van der Waals surface area contributed by atoms with Crippen molar-refractivity contribution in [2.45, 2.75) is 33.7 Å². The van der Waals surface area contributed by atoms with E-state index in [4.69, 9.17) is 0 Å². The number of rotatable bonds is 6. The van der Waals surface area contributed by atoms with Gasteiger partial charge in [-0.3, -0.25) is 9.59 Å². The van der Waals surface area contributed by atoms with Gasteiger partial charge in [0.05, 0.1) is 17.9 Å². The van der Waals surface area contributed by atoms with Crippen molar-refractivity contribution in [1.82, 2.24) is 5.32 Å². The molecular weight excluding hydrogens is 340 g/mol. The third-order valence-corrected chi connectivity index (χ3v) is 4.45. The van der Waals surface area contributed by atoms with Crippen LogP contribution in [0.5, 0.6) is 0 Å². The summed E-state index contributed by atoms with van der Waals surface area (Å²) in [6.07, 6.45) is 0. The van der Waals surface area contributed by atoms with Crippen LogP contribution >= 0.6 is 0 Å². The Morgan fingerprint density at radius 1 is 1.07 bits per heavy atom. The minimum atomic E-state index is -0.375. The van der Waals surface area contributed by atoms with Gasteiger partial charge in [0.2, 0.25) is 5.91 Å². The molecule has 0 unspecified atom stereocenters. The summed E-state index contributed by atoms with van der Waals surface area (Å²) in [4.78, 5) is 27.1.